The summed E-state index contributed by atoms with van der Waals surface area (Å²) >= 11 is 0. The first-order chi connectivity index (χ1) is 9.28. The minimum atomic E-state index is 0.145. The third-order valence-corrected chi connectivity index (χ3v) is 4.09. The van der Waals surface area contributed by atoms with Crippen LogP contribution in [-0.2, 0) is 9.53 Å². The predicted molar refractivity (Wildman–Crippen MR) is 74.9 cm³/mol. The molecule has 0 aromatic heterocycles. The normalized spacial score (nSPS) is 26.3. The van der Waals surface area contributed by atoms with Crippen molar-refractivity contribution in [3.63, 3.8) is 0 Å². The molecule has 5 heteroatoms. The van der Waals surface area contributed by atoms with Crippen LogP contribution in [0.25, 0.3) is 0 Å². The Balaban J connectivity index is 1.63. The zero-order valence-corrected chi connectivity index (χ0v) is 11.8. The fourth-order valence-corrected chi connectivity index (χ4v) is 2.95. The molecule has 2 fully saturated rings. The summed E-state index contributed by atoms with van der Waals surface area (Å²) in [5.74, 6) is 0.157. The van der Waals surface area contributed by atoms with Crippen LogP contribution in [0.4, 0.5) is 0 Å². The number of hydrogen-bond donors (Lipinski definition) is 2. The van der Waals surface area contributed by atoms with Gasteiger partial charge in [0.1, 0.15) is 0 Å². The van der Waals surface area contributed by atoms with E-state index < -0.39 is 0 Å². The van der Waals surface area contributed by atoms with E-state index in [9.17, 15) is 4.79 Å². The van der Waals surface area contributed by atoms with Crippen LogP contribution in [0.3, 0.4) is 0 Å². The van der Waals surface area contributed by atoms with Gasteiger partial charge in [-0.25, -0.2) is 0 Å². The SMILES string of the molecule is NCCN1CCC(NC(=O)CC2CCCCO2)CC1. The average molecular weight is 269 g/mol. The lowest BCUT2D eigenvalue weighted by Crippen LogP contribution is -2.46. The Morgan fingerprint density at radius 3 is 2.68 bits per heavy atom. The molecule has 2 heterocycles. The number of nitrogens with one attached hydrogen (secondary N) is 1. The van der Waals surface area contributed by atoms with Gasteiger partial charge in [0.15, 0.2) is 0 Å². The second kappa shape index (κ2) is 7.82. The molecule has 2 aliphatic heterocycles. The number of likely N-dealkylation sites (tertiary alicyclic amines) is 1. The molecule has 1 amide bonds. The molecule has 5 nitrogen and oxygen atoms in total. The summed E-state index contributed by atoms with van der Waals surface area (Å²) < 4.78 is 5.60. The van der Waals surface area contributed by atoms with Crippen molar-refractivity contribution in [1.29, 1.82) is 0 Å². The van der Waals surface area contributed by atoms with Gasteiger partial charge in [0, 0.05) is 38.8 Å². The number of amides is 1. The highest BCUT2D eigenvalue weighted by Crippen LogP contribution is 2.16. The van der Waals surface area contributed by atoms with Crippen LogP contribution in [0, 0.1) is 0 Å². The quantitative estimate of drug-likeness (QED) is 0.762. The van der Waals surface area contributed by atoms with Crippen molar-refractivity contribution >= 4 is 5.91 Å². The molecule has 0 aromatic rings. The highest BCUT2D eigenvalue weighted by Gasteiger charge is 2.22. The molecule has 0 aromatic carbocycles. The number of nitrogens with zero attached hydrogens (tertiary/aromatic N) is 1. The molecular weight excluding hydrogens is 242 g/mol. The van der Waals surface area contributed by atoms with Gasteiger partial charge in [0.25, 0.3) is 0 Å². The maximum Gasteiger partial charge on any atom is 0.222 e. The second-order valence-corrected chi connectivity index (χ2v) is 5.66. The number of rotatable bonds is 5. The zero-order valence-electron chi connectivity index (χ0n) is 11.8. The summed E-state index contributed by atoms with van der Waals surface area (Å²) in [6.07, 6.45) is 6.11. The van der Waals surface area contributed by atoms with Crippen LogP contribution in [0.15, 0.2) is 0 Å². The molecule has 0 spiro atoms. The smallest absolute Gasteiger partial charge is 0.222 e. The van der Waals surface area contributed by atoms with E-state index in [1.807, 2.05) is 0 Å². The first-order valence-electron chi connectivity index (χ1n) is 7.61. The molecule has 19 heavy (non-hydrogen) atoms. The van der Waals surface area contributed by atoms with Crippen molar-refractivity contribution in [2.45, 2.75) is 50.7 Å². The van der Waals surface area contributed by atoms with E-state index in [-0.39, 0.29) is 12.0 Å². The number of hydrogen-bond acceptors (Lipinski definition) is 4. The van der Waals surface area contributed by atoms with E-state index in [4.69, 9.17) is 10.5 Å². The summed E-state index contributed by atoms with van der Waals surface area (Å²) in [7, 11) is 0. The molecule has 3 N–H and O–H groups in total. The highest BCUT2D eigenvalue weighted by atomic mass is 16.5. The van der Waals surface area contributed by atoms with Crippen LogP contribution in [-0.4, -0.2) is 55.7 Å². The fourth-order valence-electron chi connectivity index (χ4n) is 2.95. The summed E-state index contributed by atoms with van der Waals surface area (Å²) in [5.41, 5.74) is 5.55. The Bertz CT molecular complexity index is 272. The van der Waals surface area contributed by atoms with Crippen molar-refractivity contribution in [3.05, 3.63) is 0 Å². The van der Waals surface area contributed by atoms with E-state index in [0.29, 0.717) is 12.5 Å². The molecule has 0 aliphatic carbocycles. The predicted octanol–water partition coefficient (Wildman–Crippen LogP) is 0.485. The van der Waals surface area contributed by atoms with Crippen molar-refractivity contribution < 1.29 is 9.53 Å². The van der Waals surface area contributed by atoms with Crippen molar-refractivity contribution in [2.75, 3.05) is 32.8 Å². The van der Waals surface area contributed by atoms with Crippen LogP contribution in [0.1, 0.15) is 38.5 Å². The Hall–Kier alpha value is -0.650. The molecule has 1 atom stereocenters. The molecule has 0 radical (unpaired) electrons. The Kier molecular flexibility index (Phi) is 6.07. The van der Waals surface area contributed by atoms with Gasteiger partial charge in [-0.15, -0.1) is 0 Å². The van der Waals surface area contributed by atoms with E-state index in [0.717, 1.165) is 58.5 Å². The lowest BCUT2D eigenvalue weighted by atomic mass is 10.0. The van der Waals surface area contributed by atoms with Crippen LogP contribution in [0.5, 0.6) is 0 Å². The molecule has 0 bridgehead atoms. The first kappa shape index (κ1) is 14.8. The van der Waals surface area contributed by atoms with Crippen LogP contribution in [0.2, 0.25) is 0 Å². The summed E-state index contributed by atoms with van der Waals surface area (Å²) in [5, 5.41) is 3.15. The molecule has 110 valence electrons. The number of nitrogens with two attached hydrogens (primary N) is 1. The summed E-state index contributed by atoms with van der Waals surface area (Å²) in [4.78, 5) is 14.3. The fraction of sp³-hybridized carbons (Fsp3) is 0.929. The first-order valence-corrected chi connectivity index (χ1v) is 7.61. The molecule has 2 rings (SSSR count). The third-order valence-electron chi connectivity index (χ3n) is 4.09. The number of carbonyl (C=O) groups is 1. The van der Waals surface area contributed by atoms with Gasteiger partial charge < -0.3 is 20.7 Å². The maximum atomic E-state index is 12.0. The van der Waals surface area contributed by atoms with Crippen molar-refractivity contribution in [1.82, 2.24) is 10.2 Å². The third kappa shape index (κ3) is 5.09. The van der Waals surface area contributed by atoms with Crippen LogP contribution >= 0.6 is 0 Å². The molecule has 0 saturated carbocycles. The van der Waals surface area contributed by atoms with Crippen molar-refractivity contribution in [2.24, 2.45) is 5.73 Å². The standard InChI is InChI=1S/C14H27N3O2/c15-6-9-17-7-4-12(5-8-17)16-14(18)11-13-3-1-2-10-19-13/h12-13H,1-11,15H2,(H,16,18). The largest absolute Gasteiger partial charge is 0.378 e. The minimum Gasteiger partial charge on any atom is -0.378 e. The van der Waals surface area contributed by atoms with Gasteiger partial charge in [-0.3, -0.25) is 4.79 Å². The number of ether oxygens (including phenoxy) is 1. The van der Waals surface area contributed by atoms with E-state index in [1.54, 1.807) is 0 Å². The lowest BCUT2D eigenvalue weighted by Gasteiger charge is -2.32. The Labute approximate surface area is 115 Å². The van der Waals surface area contributed by atoms with E-state index in [2.05, 4.69) is 10.2 Å². The minimum absolute atomic E-state index is 0.145. The molecule has 1 unspecified atom stereocenters. The monoisotopic (exact) mass is 269 g/mol. The maximum absolute atomic E-state index is 12.0. The number of carbonyl (C=O) groups excluding carboxylic acids is 1. The average Bonchev–Trinajstić information content (AvgIpc) is 2.42. The van der Waals surface area contributed by atoms with E-state index in [1.165, 1.54) is 6.42 Å². The second-order valence-electron chi connectivity index (χ2n) is 5.66. The lowest BCUT2D eigenvalue weighted by molar-refractivity contribution is -0.125. The van der Waals surface area contributed by atoms with Gasteiger partial charge >= 0.3 is 0 Å². The Morgan fingerprint density at radius 1 is 1.26 bits per heavy atom. The van der Waals surface area contributed by atoms with Crippen LogP contribution < -0.4 is 11.1 Å². The van der Waals surface area contributed by atoms with Gasteiger partial charge in [-0.1, -0.05) is 0 Å². The highest BCUT2D eigenvalue weighted by molar-refractivity contribution is 5.76. The molecular formula is C14H27N3O2. The molecule has 2 aliphatic rings. The van der Waals surface area contributed by atoms with E-state index >= 15 is 0 Å². The summed E-state index contributed by atoms with van der Waals surface area (Å²) in [6.45, 7) is 4.59. The molecule has 2 saturated heterocycles. The van der Waals surface area contributed by atoms with Gasteiger partial charge in [0.2, 0.25) is 5.91 Å². The topological polar surface area (TPSA) is 67.6 Å². The van der Waals surface area contributed by atoms with Gasteiger partial charge in [0.05, 0.1) is 12.5 Å². The number of piperidine rings is 1. The summed E-state index contributed by atoms with van der Waals surface area (Å²) in [6, 6.07) is 0.338. The van der Waals surface area contributed by atoms with Crippen molar-refractivity contribution in [3.8, 4) is 0 Å². The van der Waals surface area contributed by atoms with Gasteiger partial charge in [-0.2, -0.15) is 0 Å². The zero-order chi connectivity index (χ0) is 13.5. The Morgan fingerprint density at radius 2 is 2.05 bits per heavy atom. The van der Waals surface area contributed by atoms with Gasteiger partial charge in [-0.05, 0) is 32.1 Å².